The lowest BCUT2D eigenvalue weighted by Gasteiger charge is -2.10. The molecule has 0 unspecified atom stereocenters. The molecule has 0 amide bonds. The molecule has 2 aromatic carbocycles. The molecule has 0 saturated carbocycles. The van der Waals surface area contributed by atoms with Crippen molar-refractivity contribution in [2.24, 2.45) is 0 Å². The first-order chi connectivity index (χ1) is 10.4. The molecular formula is C16H13N3O2. The lowest BCUT2D eigenvalue weighted by molar-refractivity contribution is 0.173. The highest BCUT2D eigenvalue weighted by Crippen LogP contribution is 2.35. The van der Waals surface area contributed by atoms with Crippen LogP contribution in [0, 0.1) is 0 Å². The molecule has 1 N–H and O–H groups in total. The topological polar surface area (TPSA) is 56.3 Å². The van der Waals surface area contributed by atoms with Gasteiger partial charge in [0, 0.05) is 17.5 Å². The van der Waals surface area contributed by atoms with Crippen LogP contribution in [0.2, 0.25) is 0 Å². The van der Waals surface area contributed by atoms with Crippen molar-refractivity contribution >= 4 is 16.6 Å². The van der Waals surface area contributed by atoms with Gasteiger partial charge in [-0.05, 0) is 12.1 Å². The Morgan fingerprint density at radius 1 is 1.05 bits per heavy atom. The van der Waals surface area contributed by atoms with Gasteiger partial charge in [0.15, 0.2) is 11.5 Å². The Kier molecular flexibility index (Phi) is 2.81. The summed E-state index contributed by atoms with van der Waals surface area (Å²) in [4.78, 5) is 0. The second kappa shape index (κ2) is 4.94. The van der Waals surface area contributed by atoms with Gasteiger partial charge in [-0.15, -0.1) is 0 Å². The summed E-state index contributed by atoms with van der Waals surface area (Å²) >= 11 is 0. The quantitative estimate of drug-likeness (QED) is 0.798. The number of ether oxygens (including phenoxy) is 2. The van der Waals surface area contributed by atoms with Crippen LogP contribution >= 0.6 is 0 Å². The number of rotatable bonds is 3. The normalized spacial score (nSPS) is 12.6. The van der Waals surface area contributed by atoms with E-state index in [2.05, 4.69) is 15.5 Å². The summed E-state index contributed by atoms with van der Waals surface area (Å²) in [6, 6.07) is 13.8. The van der Waals surface area contributed by atoms with Crippen LogP contribution in [0.1, 0.15) is 5.56 Å². The van der Waals surface area contributed by atoms with E-state index in [9.17, 15) is 0 Å². The fourth-order valence-electron chi connectivity index (χ4n) is 2.47. The summed E-state index contributed by atoms with van der Waals surface area (Å²) in [5, 5.41) is 12.6. The van der Waals surface area contributed by atoms with Gasteiger partial charge in [-0.2, -0.15) is 10.2 Å². The van der Waals surface area contributed by atoms with Crippen molar-refractivity contribution in [3.63, 3.8) is 0 Å². The third-order valence-electron chi connectivity index (χ3n) is 3.49. The zero-order valence-electron chi connectivity index (χ0n) is 11.2. The zero-order valence-corrected chi connectivity index (χ0v) is 11.2. The number of aromatic nitrogens is 2. The highest BCUT2D eigenvalue weighted by Gasteiger charge is 2.16. The number of nitrogens with one attached hydrogen (secondary N) is 1. The van der Waals surface area contributed by atoms with E-state index in [0.29, 0.717) is 6.54 Å². The van der Waals surface area contributed by atoms with Gasteiger partial charge in [-0.1, -0.05) is 30.3 Å². The number of hydrogen-bond donors (Lipinski definition) is 1. The SMILES string of the molecule is c1cc(CNc2cnnc3ccccc23)c2c(c1)OCO2. The van der Waals surface area contributed by atoms with Crippen molar-refractivity contribution in [2.45, 2.75) is 6.54 Å². The average molecular weight is 279 g/mol. The number of fused-ring (bicyclic) bond motifs is 2. The molecule has 104 valence electrons. The van der Waals surface area contributed by atoms with E-state index in [4.69, 9.17) is 9.47 Å². The van der Waals surface area contributed by atoms with E-state index in [-0.39, 0.29) is 6.79 Å². The molecule has 0 spiro atoms. The van der Waals surface area contributed by atoms with Crippen molar-refractivity contribution < 1.29 is 9.47 Å². The lowest BCUT2D eigenvalue weighted by Crippen LogP contribution is -2.02. The molecule has 4 rings (SSSR count). The second-order valence-corrected chi connectivity index (χ2v) is 4.78. The van der Waals surface area contributed by atoms with Gasteiger partial charge >= 0.3 is 0 Å². The summed E-state index contributed by atoms with van der Waals surface area (Å²) in [7, 11) is 0. The molecule has 0 saturated heterocycles. The van der Waals surface area contributed by atoms with Gasteiger partial charge < -0.3 is 14.8 Å². The highest BCUT2D eigenvalue weighted by atomic mass is 16.7. The third-order valence-corrected chi connectivity index (χ3v) is 3.49. The molecule has 0 fully saturated rings. The van der Waals surface area contributed by atoms with Gasteiger partial charge in [0.2, 0.25) is 6.79 Å². The summed E-state index contributed by atoms with van der Waals surface area (Å²) in [5.74, 6) is 1.61. The first kappa shape index (κ1) is 12.0. The molecule has 1 aliphatic heterocycles. The number of hydrogen-bond acceptors (Lipinski definition) is 5. The summed E-state index contributed by atoms with van der Waals surface area (Å²) in [6.45, 7) is 0.925. The number of nitrogens with zero attached hydrogens (tertiary/aromatic N) is 2. The molecule has 1 aromatic heterocycles. The van der Waals surface area contributed by atoms with Crippen molar-refractivity contribution in [2.75, 3.05) is 12.1 Å². The molecule has 1 aliphatic rings. The Morgan fingerprint density at radius 3 is 3.00 bits per heavy atom. The lowest BCUT2D eigenvalue weighted by atomic mass is 10.1. The van der Waals surface area contributed by atoms with Crippen molar-refractivity contribution in [3.8, 4) is 11.5 Å². The number of para-hydroxylation sites is 1. The monoisotopic (exact) mass is 279 g/mol. The molecule has 5 heteroatoms. The summed E-state index contributed by atoms with van der Waals surface area (Å²) < 4.78 is 10.9. The molecule has 0 radical (unpaired) electrons. The van der Waals surface area contributed by atoms with E-state index in [0.717, 1.165) is 33.7 Å². The maximum atomic E-state index is 5.52. The molecular weight excluding hydrogens is 266 g/mol. The second-order valence-electron chi connectivity index (χ2n) is 4.78. The fourth-order valence-corrected chi connectivity index (χ4v) is 2.47. The minimum absolute atomic E-state index is 0.284. The Balaban J connectivity index is 1.63. The van der Waals surface area contributed by atoms with Crippen LogP contribution in [-0.4, -0.2) is 17.0 Å². The number of anilines is 1. The maximum Gasteiger partial charge on any atom is 0.231 e. The molecule has 3 aromatic rings. The van der Waals surface area contributed by atoms with Crippen LogP contribution < -0.4 is 14.8 Å². The van der Waals surface area contributed by atoms with Crippen LogP contribution in [0.4, 0.5) is 5.69 Å². The van der Waals surface area contributed by atoms with E-state index in [1.807, 2.05) is 42.5 Å². The Bertz CT molecular complexity index is 799. The molecule has 0 bridgehead atoms. The zero-order chi connectivity index (χ0) is 14.1. The van der Waals surface area contributed by atoms with Gasteiger partial charge in [-0.25, -0.2) is 0 Å². The smallest absolute Gasteiger partial charge is 0.231 e. The van der Waals surface area contributed by atoms with Crippen molar-refractivity contribution in [1.82, 2.24) is 10.2 Å². The summed E-state index contributed by atoms with van der Waals surface area (Å²) in [5.41, 5.74) is 2.89. The van der Waals surface area contributed by atoms with E-state index in [1.165, 1.54) is 0 Å². The molecule has 0 aliphatic carbocycles. The average Bonchev–Trinajstić information content (AvgIpc) is 3.02. The Morgan fingerprint density at radius 2 is 2.00 bits per heavy atom. The highest BCUT2D eigenvalue weighted by molar-refractivity contribution is 5.90. The predicted molar refractivity (Wildman–Crippen MR) is 79.4 cm³/mol. The van der Waals surface area contributed by atoms with E-state index in [1.54, 1.807) is 6.20 Å². The first-order valence-corrected chi connectivity index (χ1v) is 6.73. The van der Waals surface area contributed by atoms with Gasteiger partial charge in [-0.3, -0.25) is 0 Å². The molecule has 21 heavy (non-hydrogen) atoms. The van der Waals surface area contributed by atoms with Crippen LogP contribution in [0.15, 0.2) is 48.7 Å². The minimum Gasteiger partial charge on any atom is -0.454 e. The van der Waals surface area contributed by atoms with E-state index >= 15 is 0 Å². The summed E-state index contributed by atoms with van der Waals surface area (Å²) in [6.07, 6.45) is 1.74. The first-order valence-electron chi connectivity index (χ1n) is 6.73. The predicted octanol–water partition coefficient (Wildman–Crippen LogP) is 2.97. The molecule has 2 heterocycles. The minimum atomic E-state index is 0.284. The van der Waals surface area contributed by atoms with Crippen molar-refractivity contribution in [3.05, 3.63) is 54.2 Å². The molecule has 5 nitrogen and oxygen atoms in total. The standard InChI is InChI=1S/C16H13N3O2/c1-2-6-13-12(5-1)14(9-18-19-13)17-8-11-4-3-7-15-16(11)21-10-20-15/h1-7,9H,8,10H2,(H,17,19). The van der Waals surface area contributed by atoms with Crippen LogP contribution in [0.5, 0.6) is 11.5 Å². The largest absolute Gasteiger partial charge is 0.454 e. The van der Waals surface area contributed by atoms with Crippen LogP contribution in [-0.2, 0) is 6.54 Å². The van der Waals surface area contributed by atoms with E-state index < -0.39 is 0 Å². The Hall–Kier alpha value is -2.82. The number of benzene rings is 2. The molecule has 0 atom stereocenters. The van der Waals surface area contributed by atoms with Gasteiger partial charge in [0.1, 0.15) is 0 Å². The van der Waals surface area contributed by atoms with Crippen LogP contribution in [0.25, 0.3) is 10.9 Å². The van der Waals surface area contributed by atoms with Crippen LogP contribution in [0.3, 0.4) is 0 Å². The van der Waals surface area contributed by atoms with Gasteiger partial charge in [0.25, 0.3) is 0 Å². The Labute approximate surface area is 121 Å². The maximum absolute atomic E-state index is 5.52. The van der Waals surface area contributed by atoms with Gasteiger partial charge in [0.05, 0.1) is 17.4 Å². The third kappa shape index (κ3) is 2.12. The fraction of sp³-hybridized carbons (Fsp3) is 0.125. The van der Waals surface area contributed by atoms with Crippen molar-refractivity contribution in [1.29, 1.82) is 0 Å².